The minimum atomic E-state index is -0.637. The molecule has 0 atom stereocenters. The van der Waals surface area contributed by atoms with Crippen molar-refractivity contribution >= 4 is 34.5 Å². The summed E-state index contributed by atoms with van der Waals surface area (Å²) in [6.45, 7) is 2.61. The van der Waals surface area contributed by atoms with Crippen molar-refractivity contribution in [1.82, 2.24) is 5.32 Å². The summed E-state index contributed by atoms with van der Waals surface area (Å²) in [5.74, 6) is 0. The molecule has 3 rings (SSSR count). The second kappa shape index (κ2) is 7.51. The van der Waals surface area contributed by atoms with Gasteiger partial charge in [0.1, 0.15) is 0 Å². The normalized spacial score (nSPS) is 17.3. The number of thiophene rings is 1. The summed E-state index contributed by atoms with van der Waals surface area (Å²) in [5.41, 5.74) is 0.431. The first-order valence-corrected chi connectivity index (χ1v) is 9.18. The second-order valence-electron chi connectivity index (χ2n) is 5.84. The summed E-state index contributed by atoms with van der Waals surface area (Å²) in [5, 5.41) is 14.9. The molecule has 1 aromatic heterocycles. The Balaban J connectivity index is 1.58. The van der Waals surface area contributed by atoms with Gasteiger partial charge in [0, 0.05) is 48.9 Å². The zero-order valence-corrected chi connectivity index (χ0v) is 15.0. The van der Waals surface area contributed by atoms with Crippen molar-refractivity contribution in [2.24, 2.45) is 0 Å². The van der Waals surface area contributed by atoms with Crippen molar-refractivity contribution in [2.45, 2.75) is 25.0 Å². The zero-order chi connectivity index (χ0) is 16.3. The van der Waals surface area contributed by atoms with Gasteiger partial charge in [0.15, 0.2) is 0 Å². The lowest BCUT2D eigenvalue weighted by Crippen LogP contribution is -2.44. The Morgan fingerprint density at radius 3 is 2.65 bits per heavy atom. The molecule has 1 fully saturated rings. The van der Waals surface area contributed by atoms with Crippen molar-refractivity contribution in [3.63, 3.8) is 0 Å². The number of hydrogen-bond donors (Lipinski definition) is 2. The van der Waals surface area contributed by atoms with Gasteiger partial charge in [0.25, 0.3) is 0 Å². The van der Waals surface area contributed by atoms with Gasteiger partial charge in [-0.1, -0.05) is 29.3 Å². The van der Waals surface area contributed by atoms with E-state index in [0.717, 1.165) is 17.0 Å². The molecule has 1 saturated heterocycles. The third kappa shape index (κ3) is 4.47. The Bertz CT molecular complexity index is 668. The van der Waals surface area contributed by atoms with Gasteiger partial charge in [-0.2, -0.15) is 0 Å². The molecule has 2 N–H and O–H groups in total. The van der Waals surface area contributed by atoms with Crippen LogP contribution in [-0.2, 0) is 11.3 Å². The molecule has 0 amide bonds. The summed E-state index contributed by atoms with van der Waals surface area (Å²) in [4.78, 5) is 2.38. The fourth-order valence-electron chi connectivity index (χ4n) is 2.62. The van der Waals surface area contributed by atoms with Crippen LogP contribution in [-0.4, -0.2) is 30.5 Å². The SMILES string of the molecule is OC1(CNCc2ccc(-c3ccc(Cl)c(Cl)c3)s2)CCOCC1. The number of nitrogens with one attached hydrogen (secondary N) is 1. The van der Waals surface area contributed by atoms with Crippen LogP contribution in [0.4, 0.5) is 0 Å². The minimum Gasteiger partial charge on any atom is -0.388 e. The number of aliphatic hydroxyl groups is 1. The van der Waals surface area contributed by atoms with Gasteiger partial charge in [-0.15, -0.1) is 11.3 Å². The number of benzene rings is 1. The molecule has 2 aromatic rings. The maximum atomic E-state index is 10.4. The molecule has 0 radical (unpaired) electrons. The van der Waals surface area contributed by atoms with Crippen LogP contribution in [0.3, 0.4) is 0 Å². The van der Waals surface area contributed by atoms with E-state index in [-0.39, 0.29) is 0 Å². The summed E-state index contributed by atoms with van der Waals surface area (Å²) >= 11 is 13.8. The first-order valence-electron chi connectivity index (χ1n) is 7.61. The van der Waals surface area contributed by atoms with E-state index in [1.807, 2.05) is 18.2 Å². The van der Waals surface area contributed by atoms with E-state index in [9.17, 15) is 5.11 Å². The molecular formula is C17H19Cl2NO2S. The molecule has 1 aromatic carbocycles. The second-order valence-corrected chi connectivity index (χ2v) is 7.82. The van der Waals surface area contributed by atoms with E-state index in [4.69, 9.17) is 27.9 Å². The number of rotatable bonds is 5. The van der Waals surface area contributed by atoms with E-state index in [1.54, 1.807) is 11.3 Å². The van der Waals surface area contributed by atoms with Gasteiger partial charge >= 0.3 is 0 Å². The highest BCUT2D eigenvalue weighted by molar-refractivity contribution is 7.15. The molecule has 0 spiro atoms. The highest BCUT2D eigenvalue weighted by Crippen LogP contribution is 2.32. The molecule has 2 heterocycles. The molecule has 6 heteroatoms. The van der Waals surface area contributed by atoms with Gasteiger partial charge in [-0.3, -0.25) is 0 Å². The first-order chi connectivity index (χ1) is 11.1. The van der Waals surface area contributed by atoms with E-state index >= 15 is 0 Å². The lowest BCUT2D eigenvalue weighted by molar-refractivity contribution is -0.0616. The van der Waals surface area contributed by atoms with Crippen LogP contribution in [0.1, 0.15) is 17.7 Å². The number of ether oxygens (including phenoxy) is 1. The van der Waals surface area contributed by atoms with Gasteiger partial charge in [-0.25, -0.2) is 0 Å². The van der Waals surface area contributed by atoms with Crippen LogP contribution in [0.15, 0.2) is 30.3 Å². The van der Waals surface area contributed by atoms with Crippen molar-refractivity contribution < 1.29 is 9.84 Å². The van der Waals surface area contributed by atoms with Crippen LogP contribution in [0.25, 0.3) is 10.4 Å². The molecule has 0 saturated carbocycles. The van der Waals surface area contributed by atoms with Crippen molar-refractivity contribution in [3.8, 4) is 10.4 Å². The summed E-state index contributed by atoms with van der Waals surface area (Å²) in [6.07, 6.45) is 1.39. The molecule has 0 aliphatic carbocycles. The molecular weight excluding hydrogens is 353 g/mol. The predicted octanol–water partition coefficient (Wildman–Crippen LogP) is 4.35. The van der Waals surface area contributed by atoms with Crippen LogP contribution in [0, 0.1) is 0 Å². The molecule has 0 bridgehead atoms. The topological polar surface area (TPSA) is 41.5 Å². The zero-order valence-electron chi connectivity index (χ0n) is 12.6. The predicted molar refractivity (Wildman–Crippen MR) is 96.5 cm³/mol. The van der Waals surface area contributed by atoms with Crippen LogP contribution in [0.2, 0.25) is 10.0 Å². The van der Waals surface area contributed by atoms with E-state index in [1.165, 1.54) is 4.88 Å². The van der Waals surface area contributed by atoms with E-state index in [2.05, 4.69) is 17.4 Å². The molecule has 1 aliphatic heterocycles. The van der Waals surface area contributed by atoms with Crippen LogP contribution >= 0.6 is 34.5 Å². The largest absolute Gasteiger partial charge is 0.388 e. The maximum absolute atomic E-state index is 10.4. The fourth-order valence-corrected chi connectivity index (χ4v) is 3.90. The van der Waals surface area contributed by atoms with Crippen molar-refractivity contribution in [2.75, 3.05) is 19.8 Å². The standard InChI is InChI=1S/C17H19Cl2NO2S/c18-14-3-1-12(9-15(14)19)16-4-2-13(23-16)10-20-11-17(21)5-7-22-8-6-17/h1-4,9,20-21H,5-8,10-11H2. The first kappa shape index (κ1) is 17.2. The van der Waals surface area contributed by atoms with Gasteiger partial charge < -0.3 is 15.2 Å². The Labute approximate surface area is 150 Å². The highest BCUT2D eigenvalue weighted by Gasteiger charge is 2.29. The third-order valence-electron chi connectivity index (χ3n) is 4.04. The number of hydrogen-bond acceptors (Lipinski definition) is 4. The van der Waals surface area contributed by atoms with E-state index in [0.29, 0.717) is 42.6 Å². The average Bonchev–Trinajstić information content (AvgIpc) is 2.99. The quantitative estimate of drug-likeness (QED) is 0.820. The Morgan fingerprint density at radius 2 is 1.91 bits per heavy atom. The molecule has 1 aliphatic rings. The van der Waals surface area contributed by atoms with Crippen LogP contribution in [0.5, 0.6) is 0 Å². The summed E-state index contributed by atoms with van der Waals surface area (Å²) in [6, 6.07) is 9.87. The summed E-state index contributed by atoms with van der Waals surface area (Å²) in [7, 11) is 0. The highest BCUT2D eigenvalue weighted by atomic mass is 35.5. The maximum Gasteiger partial charge on any atom is 0.0815 e. The minimum absolute atomic E-state index is 0.568. The van der Waals surface area contributed by atoms with Crippen LogP contribution < -0.4 is 5.32 Å². The fraction of sp³-hybridized carbons (Fsp3) is 0.412. The smallest absolute Gasteiger partial charge is 0.0815 e. The summed E-state index contributed by atoms with van der Waals surface area (Å²) < 4.78 is 5.29. The van der Waals surface area contributed by atoms with Gasteiger partial charge in [-0.05, 0) is 29.8 Å². The Morgan fingerprint density at radius 1 is 1.13 bits per heavy atom. The lowest BCUT2D eigenvalue weighted by atomic mass is 9.94. The molecule has 23 heavy (non-hydrogen) atoms. The monoisotopic (exact) mass is 371 g/mol. The van der Waals surface area contributed by atoms with Gasteiger partial charge in [0.2, 0.25) is 0 Å². The number of halogens is 2. The van der Waals surface area contributed by atoms with Crippen molar-refractivity contribution in [3.05, 3.63) is 45.3 Å². The van der Waals surface area contributed by atoms with E-state index < -0.39 is 5.60 Å². The molecule has 124 valence electrons. The van der Waals surface area contributed by atoms with Crippen molar-refractivity contribution in [1.29, 1.82) is 0 Å². The van der Waals surface area contributed by atoms with Gasteiger partial charge in [0.05, 0.1) is 15.6 Å². The lowest BCUT2D eigenvalue weighted by Gasteiger charge is -2.32. The Hall–Kier alpha value is -0.620. The Kier molecular flexibility index (Phi) is 5.62. The molecule has 3 nitrogen and oxygen atoms in total. The third-order valence-corrected chi connectivity index (χ3v) is 5.92. The molecule has 0 unspecified atom stereocenters. The average molecular weight is 372 g/mol.